The van der Waals surface area contributed by atoms with E-state index in [0.29, 0.717) is 18.1 Å². The van der Waals surface area contributed by atoms with Crippen molar-refractivity contribution in [1.29, 1.82) is 0 Å². The SMILES string of the molecule is CCOc1ccccc1OCC(=O)N1CCN(S(=O)(=O)c2ccccc2F)CC1. The summed E-state index contributed by atoms with van der Waals surface area (Å²) < 4.78 is 51.4. The molecule has 1 aliphatic rings. The van der Waals surface area contributed by atoms with Crippen LogP contribution >= 0.6 is 0 Å². The predicted octanol–water partition coefficient (Wildman–Crippen LogP) is 2.14. The predicted molar refractivity (Wildman–Crippen MR) is 105 cm³/mol. The number of carbonyl (C=O) groups is 1. The molecule has 0 aliphatic carbocycles. The highest BCUT2D eigenvalue weighted by Crippen LogP contribution is 2.26. The normalized spacial score (nSPS) is 15.2. The second-order valence-electron chi connectivity index (χ2n) is 6.38. The van der Waals surface area contributed by atoms with Crippen LogP contribution in [0.25, 0.3) is 0 Å². The van der Waals surface area contributed by atoms with E-state index in [1.807, 2.05) is 13.0 Å². The number of hydrogen-bond donors (Lipinski definition) is 0. The van der Waals surface area contributed by atoms with Gasteiger partial charge >= 0.3 is 0 Å². The Morgan fingerprint density at radius 1 is 0.966 bits per heavy atom. The van der Waals surface area contributed by atoms with Crippen molar-refractivity contribution in [1.82, 2.24) is 9.21 Å². The number of sulfonamides is 1. The lowest BCUT2D eigenvalue weighted by molar-refractivity contribution is -0.134. The lowest BCUT2D eigenvalue weighted by Gasteiger charge is -2.34. The van der Waals surface area contributed by atoms with Crippen molar-refractivity contribution in [2.24, 2.45) is 0 Å². The number of para-hydroxylation sites is 2. The second kappa shape index (κ2) is 9.23. The topological polar surface area (TPSA) is 76.2 Å². The number of amides is 1. The van der Waals surface area contributed by atoms with Gasteiger partial charge in [-0.05, 0) is 31.2 Å². The summed E-state index contributed by atoms with van der Waals surface area (Å²) in [7, 11) is -3.94. The third-order valence-corrected chi connectivity index (χ3v) is 6.48. The van der Waals surface area contributed by atoms with Crippen molar-refractivity contribution in [2.45, 2.75) is 11.8 Å². The highest BCUT2D eigenvalue weighted by molar-refractivity contribution is 7.89. The molecule has 3 rings (SSSR count). The van der Waals surface area contributed by atoms with Crippen LogP contribution in [0, 0.1) is 5.82 Å². The number of rotatable bonds is 7. The van der Waals surface area contributed by atoms with Gasteiger partial charge in [0.15, 0.2) is 18.1 Å². The molecule has 1 saturated heterocycles. The van der Waals surface area contributed by atoms with Gasteiger partial charge in [-0.2, -0.15) is 4.31 Å². The lowest BCUT2D eigenvalue weighted by Crippen LogP contribution is -2.51. The maximum Gasteiger partial charge on any atom is 0.260 e. The maximum absolute atomic E-state index is 13.9. The molecule has 2 aromatic rings. The first-order chi connectivity index (χ1) is 13.9. The molecule has 0 radical (unpaired) electrons. The van der Waals surface area contributed by atoms with Crippen molar-refractivity contribution in [3.63, 3.8) is 0 Å². The van der Waals surface area contributed by atoms with Gasteiger partial charge < -0.3 is 14.4 Å². The Morgan fingerprint density at radius 2 is 1.55 bits per heavy atom. The van der Waals surface area contributed by atoms with E-state index in [1.165, 1.54) is 27.4 Å². The molecule has 29 heavy (non-hydrogen) atoms. The van der Waals surface area contributed by atoms with Crippen LogP contribution in [0.15, 0.2) is 53.4 Å². The van der Waals surface area contributed by atoms with Gasteiger partial charge in [0.1, 0.15) is 10.7 Å². The quantitative estimate of drug-likeness (QED) is 0.683. The van der Waals surface area contributed by atoms with Gasteiger partial charge in [-0.25, -0.2) is 12.8 Å². The molecule has 0 atom stereocenters. The summed E-state index contributed by atoms with van der Waals surface area (Å²) in [6, 6.07) is 12.4. The Hall–Kier alpha value is -2.65. The Morgan fingerprint density at radius 3 is 2.17 bits per heavy atom. The van der Waals surface area contributed by atoms with E-state index in [-0.39, 0.29) is 43.6 Å². The van der Waals surface area contributed by atoms with Crippen LogP contribution in [0.1, 0.15) is 6.92 Å². The summed E-state index contributed by atoms with van der Waals surface area (Å²) in [4.78, 5) is 13.6. The van der Waals surface area contributed by atoms with Crippen molar-refractivity contribution >= 4 is 15.9 Å². The van der Waals surface area contributed by atoms with E-state index in [4.69, 9.17) is 9.47 Å². The van der Waals surface area contributed by atoms with E-state index in [1.54, 1.807) is 18.2 Å². The average Bonchev–Trinajstić information content (AvgIpc) is 2.73. The molecule has 0 saturated carbocycles. The molecule has 1 aliphatic heterocycles. The Balaban J connectivity index is 1.57. The summed E-state index contributed by atoms with van der Waals surface area (Å²) in [6.07, 6.45) is 0. The molecule has 9 heteroatoms. The summed E-state index contributed by atoms with van der Waals surface area (Å²) in [5.74, 6) is -0.00122. The minimum Gasteiger partial charge on any atom is -0.490 e. The Labute approximate surface area is 169 Å². The summed E-state index contributed by atoms with van der Waals surface area (Å²) in [5.41, 5.74) is 0. The van der Waals surface area contributed by atoms with Gasteiger partial charge in [0.05, 0.1) is 6.61 Å². The third-order valence-electron chi connectivity index (χ3n) is 4.55. The first-order valence-corrected chi connectivity index (χ1v) is 10.7. The fourth-order valence-electron chi connectivity index (χ4n) is 3.05. The highest BCUT2D eigenvalue weighted by atomic mass is 32.2. The zero-order chi connectivity index (χ0) is 20.9. The molecule has 0 unspecified atom stereocenters. The minimum absolute atomic E-state index is 0.0952. The smallest absolute Gasteiger partial charge is 0.260 e. The van der Waals surface area contributed by atoms with Gasteiger partial charge in [0.2, 0.25) is 10.0 Å². The molecule has 1 fully saturated rings. The van der Waals surface area contributed by atoms with E-state index < -0.39 is 15.8 Å². The summed E-state index contributed by atoms with van der Waals surface area (Å²) >= 11 is 0. The van der Waals surface area contributed by atoms with Crippen LogP contribution in [-0.2, 0) is 14.8 Å². The maximum atomic E-state index is 13.9. The van der Waals surface area contributed by atoms with Gasteiger partial charge in [-0.15, -0.1) is 0 Å². The second-order valence-corrected chi connectivity index (χ2v) is 8.29. The Kier molecular flexibility index (Phi) is 6.71. The van der Waals surface area contributed by atoms with E-state index in [9.17, 15) is 17.6 Å². The van der Waals surface area contributed by atoms with Crippen molar-refractivity contribution < 1.29 is 27.1 Å². The fourth-order valence-corrected chi connectivity index (χ4v) is 4.53. The number of piperazine rings is 1. The first-order valence-electron chi connectivity index (χ1n) is 9.30. The summed E-state index contributed by atoms with van der Waals surface area (Å²) in [5, 5.41) is 0. The van der Waals surface area contributed by atoms with Crippen LogP contribution in [0.5, 0.6) is 11.5 Å². The molecule has 1 amide bonds. The molecule has 0 bridgehead atoms. The monoisotopic (exact) mass is 422 g/mol. The van der Waals surface area contributed by atoms with Crippen molar-refractivity contribution in [2.75, 3.05) is 39.4 Å². The first kappa shape index (κ1) is 21.1. The summed E-state index contributed by atoms with van der Waals surface area (Å²) in [6.45, 7) is 2.77. The van der Waals surface area contributed by atoms with E-state index >= 15 is 0 Å². The van der Waals surface area contributed by atoms with Gasteiger partial charge in [0.25, 0.3) is 5.91 Å². The minimum atomic E-state index is -3.94. The third kappa shape index (κ3) is 4.86. The average molecular weight is 422 g/mol. The highest BCUT2D eigenvalue weighted by Gasteiger charge is 2.31. The molecule has 0 spiro atoms. The standard InChI is InChI=1S/C20H23FN2O5S/c1-2-27-17-8-4-5-9-18(17)28-15-20(24)22-11-13-23(14-12-22)29(25,26)19-10-6-3-7-16(19)21/h3-10H,2,11-15H2,1H3. The number of carbonyl (C=O) groups excluding carboxylic acids is 1. The van der Waals surface area contributed by atoms with E-state index in [0.717, 1.165) is 6.07 Å². The zero-order valence-electron chi connectivity index (χ0n) is 16.1. The van der Waals surface area contributed by atoms with Crippen LogP contribution < -0.4 is 9.47 Å². The van der Waals surface area contributed by atoms with Crippen molar-refractivity contribution in [3.8, 4) is 11.5 Å². The van der Waals surface area contributed by atoms with Crippen LogP contribution in [0.2, 0.25) is 0 Å². The Bertz CT molecular complexity index is 959. The van der Waals surface area contributed by atoms with Crippen LogP contribution in [-0.4, -0.2) is 62.9 Å². The van der Waals surface area contributed by atoms with Gasteiger partial charge in [0, 0.05) is 26.2 Å². The fraction of sp³-hybridized carbons (Fsp3) is 0.350. The van der Waals surface area contributed by atoms with Crippen LogP contribution in [0.4, 0.5) is 4.39 Å². The molecule has 7 nitrogen and oxygen atoms in total. The molecule has 156 valence electrons. The number of ether oxygens (including phenoxy) is 2. The molecular weight excluding hydrogens is 399 g/mol. The zero-order valence-corrected chi connectivity index (χ0v) is 16.9. The van der Waals surface area contributed by atoms with Crippen molar-refractivity contribution in [3.05, 3.63) is 54.3 Å². The number of benzene rings is 2. The number of hydrogen-bond acceptors (Lipinski definition) is 5. The van der Waals surface area contributed by atoms with Gasteiger partial charge in [-0.3, -0.25) is 4.79 Å². The molecule has 0 N–H and O–H groups in total. The van der Waals surface area contributed by atoms with Crippen LogP contribution in [0.3, 0.4) is 0 Å². The van der Waals surface area contributed by atoms with Gasteiger partial charge in [-0.1, -0.05) is 24.3 Å². The lowest BCUT2D eigenvalue weighted by atomic mass is 10.3. The molecular formula is C20H23FN2O5S. The number of nitrogens with zero attached hydrogens (tertiary/aromatic N) is 2. The number of halogens is 1. The van der Waals surface area contributed by atoms with E-state index in [2.05, 4.69) is 0 Å². The molecule has 0 aromatic heterocycles. The molecule has 2 aromatic carbocycles. The molecule has 1 heterocycles. The largest absolute Gasteiger partial charge is 0.490 e.